The zero-order valence-electron chi connectivity index (χ0n) is 39.0. The lowest BCUT2D eigenvalue weighted by molar-refractivity contribution is 0.101. The van der Waals surface area contributed by atoms with Crippen LogP contribution in [0.25, 0.3) is 34.3 Å². The van der Waals surface area contributed by atoms with Crippen LogP contribution in [0.5, 0.6) is 17.4 Å². The van der Waals surface area contributed by atoms with Crippen LogP contribution in [0.3, 0.4) is 0 Å². The van der Waals surface area contributed by atoms with E-state index in [2.05, 4.69) is 87.6 Å². The quantitative estimate of drug-likeness (QED) is 0.110. The Morgan fingerprint density at radius 1 is 0.671 bits per heavy atom. The van der Waals surface area contributed by atoms with Gasteiger partial charge in [0.1, 0.15) is 47.2 Å². The maximum atomic E-state index is 13.3. The van der Waals surface area contributed by atoms with Crippen LogP contribution in [-0.2, 0) is 13.1 Å². The minimum absolute atomic E-state index is 0.197. The van der Waals surface area contributed by atoms with Gasteiger partial charge in [-0.3, -0.25) is 14.3 Å². The highest BCUT2D eigenvalue weighted by molar-refractivity contribution is 14.1. The van der Waals surface area contributed by atoms with Crippen LogP contribution in [0.2, 0.25) is 0 Å². The SMILES string of the molecule is CC(C)n1nccc1-c1ccc2c(c1)C(=O)Nc1cccc(n1)-c1nncn1CCCCO2.CC(C)n1nccc1O[B]O.O=C1Nc2cccc(n2)-c2nncn2CCCCOc2ccc(I)cc21. The van der Waals surface area contributed by atoms with E-state index < -0.39 is 0 Å². The zero-order chi connectivity index (χ0) is 49.0. The number of pyridine rings is 2. The van der Waals surface area contributed by atoms with E-state index in [4.69, 9.17) is 19.2 Å². The van der Waals surface area contributed by atoms with Gasteiger partial charge in [0.15, 0.2) is 17.5 Å². The Hall–Kier alpha value is -7.47. The fraction of sp³-hybridized carbons (Fsp3) is 0.292. The first kappa shape index (κ1) is 49.0. The van der Waals surface area contributed by atoms with Crippen LogP contribution in [-0.4, -0.2) is 96.8 Å². The van der Waals surface area contributed by atoms with Crippen molar-refractivity contribution >= 4 is 53.7 Å². The summed E-state index contributed by atoms with van der Waals surface area (Å²) < 4.78 is 25.2. The predicted molar refractivity (Wildman–Crippen MR) is 270 cm³/mol. The first-order valence-corrected chi connectivity index (χ1v) is 23.9. The normalized spacial score (nSPS) is 13.6. The van der Waals surface area contributed by atoms with Gasteiger partial charge in [0.05, 0.1) is 42.3 Å². The number of carbonyl (C=O) groups excluding carboxylic acids is 2. The van der Waals surface area contributed by atoms with Crippen LogP contribution >= 0.6 is 22.6 Å². The third-order valence-electron chi connectivity index (χ3n) is 10.9. The Balaban J connectivity index is 0.000000158. The lowest BCUT2D eigenvalue weighted by Crippen LogP contribution is -2.16. The largest absolute Gasteiger partial charge is 0.570 e. The lowest BCUT2D eigenvalue weighted by Gasteiger charge is -2.16. The molecule has 20 nitrogen and oxygen atoms in total. The summed E-state index contributed by atoms with van der Waals surface area (Å²) in [6.45, 7) is 10.7. The van der Waals surface area contributed by atoms with Crippen LogP contribution in [0.15, 0.2) is 110 Å². The summed E-state index contributed by atoms with van der Waals surface area (Å²) in [4.78, 5) is 35.2. The summed E-state index contributed by atoms with van der Waals surface area (Å²) in [5.74, 6) is 3.40. The van der Waals surface area contributed by atoms with E-state index in [0.717, 1.165) is 53.6 Å². The fourth-order valence-corrected chi connectivity index (χ4v) is 8.07. The molecule has 0 saturated heterocycles. The Morgan fingerprint density at radius 2 is 1.21 bits per heavy atom. The van der Waals surface area contributed by atoms with Gasteiger partial charge < -0.3 is 38.9 Å². The molecule has 359 valence electrons. The van der Waals surface area contributed by atoms with Crippen molar-refractivity contribution in [1.29, 1.82) is 0 Å². The van der Waals surface area contributed by atoms with Crippen molar-refractivity contribution in [2.24, 2.45) is 0 Å². The molecule has 70 heavy (non-hydrogen) atoms. The molecule has 10 rings (SSSR count). The molecule has 4 bridgehead atoms. The number of ether oxygens (including phenoxy) is 2. The van der Waals surface area contributed by atoms with Crippen molar-refractivity contribution < 1.29 is 28.7 Å². The molecule has 0 atom stereocenters. The number of benzene rings is 2. The number of fused-ring (bicyclic) bond motifs is 10. The van der Waals surface area contributed by atoms with Crippen molar-refractivity contribution in [2.75, 3.05) is 23.8 Å². The molecule has 2 aliphatic heterocycles. The first-order valence-electron chi connectivity index (χ1n) is 22.8. The molecular formula is C48H51BIN14O6. The second kappa shape index (κ2) is 23.2. The second-order valence-electron chi connectivity index (χ2n) is 16.6. The van der Waals surface area contributed by atoms with Gasteiger partial charge in [0, 0.05) is 40.5 Å². The summed E-state index contributed by atoms with van der Waals surface area (Å²) in [6.07, 6.45) is 10.3. The van der Waals surface area contributed by atoms with Gasteiger partial charge in [-0.05, 0) is 143 Å². The molecule has 0 saturated carbocycles. The molecule has 2 amide bonds. The fourth-order valence-electron chi connectivity index (χ4n) is 7.58. The number of aromatic nitrogens is 12. The van der Waals surface area contributed by atoms with E-state index in [1.165, 1.54) is 0 Å². The maximum absolute atomic E-state index is 13.3. The van der Waals surface area contributed by atoms with Gasteiger partial charge in [-0.1, -0.05) is 12.1 Å². The van der Waals surface area contributed by atoms with Crippen LogP contribution < -0.4 is 24.8 Å². The van der Waals surface area contributed by atoms with Gasteiger partial charge in [-0.2, -0.15) is 10.2 Å². The number of hydrogen-bond donors (Lipinski definition) is 3. The lowest BCUT2D eigenvalue weighted by atomic mass is 10.1. The highest BCUT2D eigenvalue weighted by Crippen LogP contribution is 2.30. The minimum atomic E-state index is -0.286. The summed E-state index contributed by atoms with van der Waals surface area (Å²) in [5.41, 5.74) is 4.14. The Kier molecular flexibility index (Phi) is 16.2. The van der Waals surface area contributed by atoms with Crippen LogP contribution in [0.1, 0.15) is 86.2 Å². The molecule has 0 aliphatic carbocycles. The van der Waals surface area contributed by atoms with Crippen LogP contribution in [0.4, 0.5) is 11.6 Å². The maximum Gasteiger partial charge on any atom is 0.570 e. The number of aryl methyl sites for hydroxylation is 2. The van der Waals surface area contributed by atoms with E-state index in [1.807, 2.05) is 94.4 Å². The van der Waals surface area contributed by atoms with Gasteiger partial charge in [0.25, 0.3) is 11.8 Å². The number of amides is 2. The van der Waals surface area contributed by atoms with Crippen LogP contribution in [0, 0.1) is 3.57 Å². The molecule has 0 spiro atoms. The zero-order valence-corrected chi connectivity index (χ0v) is 41.2. The molecular weight excluding hydrogens is 1010 g/mol. The summed E-state index contributed by atoms with van der Waals surface area (Å²) in [7, 11) is 0.649. The average Bonchev–Trinajstić information content (AvgIpc) is 4.21. The Bertz CT molecular complexity index is 3040. The van der Waals surface area contributed by atoms with Gasteiger partial charge in [-0.25, -0.2) is 14.6 Å². The number of rotatable bonds is 5. The van der Waals surface area contributed by atoms with Crippen molar-refractivity contribution in [3.05, 3.63) is 125 Å². The molecule has 22 heteroatoms. The molecule has 1 radical (unpaired) electrons. The molecule has 6 aromatic heterocycles. The highest BCUT2D eigenvalue weighted by atomic mass is 127. The molecule has 3 N–H and O–H groups in total. The number of halogens is 1. The van der Waals surface area contributed by atoms with Gasteiger partial charge in [0.2, 0.25) is 0 Å². The number of carbonyl (C=O) groups is 2. The number of hydrogen-bond acceptors (Lipinski definition) is 14. The predicted octanol–water partition coefficient (Wildman–Crippen LogP) is 7.95. The molecule has 8 heterocycles. The number of nitrogens with zero attached hydrogens (tertiary/aromatic N) is 12. The smallest absolute Gasteiger partial charge is 0.524 e. The number of nitrogens with one attached hydrogen (secondary N) is 2. The summed E-state index contributed by atoms with van der Waals surface area (Å²) in [5, 5.41) is 39.0. The molecule has 0 fully saturated rings. The van der Waals surface area contributed by atoms with Gasteiger partial charge in [-0.15, -0.1) is 20.4 Å². The third-order valence-corrected chi connectivity index (χ3v) is 11.6. The van der Waals surface area contributed by atoms with E-state index in [9.17, 15) is 9.59 Å². The van der Waals surface area contributed by atoms with E-state index >= 15 is 0 Å². The van der Waals surface area contributed by atoms with Crippen molar-refractivity contribution in [3.8, 4) is 51.7 Å². The summed E-state index contributed by atoms with van der Waals surface area (Å²) >= 11 is 2.18. The van der Waals surface area contributed by atoms with Crippen molar-refractivity contribution in [1.82, 2.24) is 59.1 Å². The topological polar surface area (TPSA) is 229 Å². The monoisotopic (exact) mass is 1060 g/mol. The summed E-state index contributed by atoms with van der Waals surface area (Å²) in [6, 6.07) is 26.3. The van der Waals surface area contributed by atoms with Gasteiger partial charge >= 0.3 is 7.69 Å². The molecule has 2 aromatic carbocycles. The van der Waals surface area contributed by atoms with E-state index in [0.29, 0.717) is 84.1 Å². The van der Waals surface area contributed by atoms with Crippen molar-refractivity contribution in [2.45, 2.75) is 78.6 Å². The average molecular weight is 1060 g/mol. The highest BCUT2D eigenvalue weighted by Gasteiger charge is 2.20. The first-order chi connectivity index (χ1) is 34.1. The third kappa shape index (κ3) is 12.0. The Morgan fingerprint density at radius 3 is 1.79 bits per heavy atom. The Labute approximate surface area is 418 Å². The van der Waals surface area contributed by atoms with Crippen molar-refractivity contribution in [3.63, 3.8) is 0 Å². The number of anilines is 2. The standard InChI is InChI=1S/C24H25N7O2.C18H16IN5O2.C6H10BN2O2/c1-16(2)31-20(10-11-26-31)17-8-9-21-18(14-17)24(32)28-22-7-5-6-19(27-22)23-29-25-15-30(23)12-3-4-13-33-21;19-12-6-7-15-13(10-12)18(25)22-16-5-3-4-14(21-16)17-23-20-11-24(17)8-1-2-9-26-15;1-5(2)9-6(11-7-10)3-4-8-9/h5-11,14-16H,3-4,12-13H2,1-2H3,(H,27,28,32);3-7,10-11H,1-2,8-9H2,(H,21,22,25);3-5,10H,1-2H3. The second-order valence-corrected chi connectivity index (χ2v) is 17.8. The molecule has 0 unspecified atom stereocenters. The molecule has 8 aromatic rings. The van der Waals surface area contributed by atoms with E-state index in [-0.39, 0.29) is 23.9 Å². The minimum Gasteiger partial charge on any atom is -0.524 e. The van der Waals surface area contributed by atoms with E-state index in [1.54, 1.807) is 47.9 Å². The molecule has 2 aliphatic rings.